The van der Waals surface area contributed by atoms with Crippen LogP contribution in [-0.2, 0) is 24.3 Å². The lowest BCUT2D eigenvalue weighted by molar-refractivity contribution is -0.158. The lowest BCUT2D eigenvalue weighted by Gasteiger charge is -2.29. The summed E-state index contributed by atoms with van der Waals surface area (Å²) < 4.78 is 40.0. The molecule has 31 heavy (non-hydrogen) atoms. The van der Waals surface area contributed by atoms with Gasteiger partial charge in [-0.15, -0.1) is 0 Å². The third-order valence-corrected chi connectivity index (χ3v) is 7.67. The lowest BCUT2D eigenvalue weighted by atomic mass is 9.88. The van der Waals surface area contributed by atoms with E-state index in [-0.39, 0.29) is 29.2 Å². The highest BCUT2D eigenvalue weighted by molar-refractivity contribution is 7.89. The fourth-order valence-electron chi connectivity index (χ4n) is 4.27. The number of rotatable bonds is 6. The topological polar surface area (TPSA) is 90.0 Å². The molecule has 1 aliphatic heterocycles. The van der Waals surface area contributed by atoms with E-state index in [0.29, 0.717) is 19.3 Å². The monoisotopic (exact) mass is 451 g/mol. The maximum absolute atomic E-state index is 13.6. The van der Waals surface area contributed by atoms with E-state index in [9.17, 15) is 18.0 Å². The van der Waals surface area contributed by atoms with Crippen molar-refractivity contribution in [3.63, 3.8) is 0 Å². The van der Waals surface area contributed by atoms with Crippen molar-refractivity contribution >= 4 is 22.3 Å². The van der Waals surface area contributed by atoms with Gasteiger partial charge in [0, 0.05) is 12.5 Å². The zero-order chi connectivity index (χ0) is 22.8. The van der Waals surface area contributed by atoms with Crippen molar-refractivity contribution in [2.45, 2.75) is 88.9 Å². The zero-order valence-electron chi connectivity index (χ0n) is 18.8. The van der Waals surface area contributed by atoms with Crippen molar-refractivity contribution in [3.8, 4) is 5.75 Å². The minimum absolute atomic E-state index is 0.0567. The van der Waals surface area contributed by atoms with E-state index in [1.165, 1.54) is 4.31 Å². The summed E-state index contributed by atoms with van der Waals surface area (Å²) in [5.41, 5.74) is 0.186. The summed E-state index contributed by atoms with van der Waals surface area (Å²) in [6, 6.07) is 4.15. The molecule has 1 aromatic carbocycles. The Kier molecular flexibility index (Phi) is 7.11. The maximum Gasteiger partial charge on any atom is 0.324 e. The van der Waals surface area contributed by atoms with Crippen LogP contribution in [0.25, 0.3) is 0 Å². The second kappa shape index (κ2) is 9.28. The fourth-order valence-corrected chi connectivity index (χ4v) is 6.02. The van der Waals surface area contributed by atoms with Crippen LogP contribution >= 0.6 is 0 Å². The van der Waals surface area contributed by atoms with Gasteiger partial charge in [0.1, 0.15) is 28.6 Å². The molecule has 0 amide bonds. The van der Waals surface area contributed by atoms with Gasteiger partial charge in [-0.05, 0) is 83.9 Å². The number of hydrogen-bond donors (Lipinski definition) is 0. The van der Waals surface area contributed by atoms with Crippen LogP contribution < -0.4 is 4.74 Å². The molecule has 3 rings (SSSR count). The maximum atomic E-state index is 13.6. The van der Waals surface area contributed by atoms with Gasteiger partial charge in [0.15, 0.2) is 0 Å². The molecule has 1 saturated carbocycles. The highest BCUT2D eigenvalue weighted by Crippen LogP contribution is 2.35. The average Bonchev–Trinajstić information content (AvgIpc) is 3.18. The standard InChI is InChI=1S/C23H33NO6S/c1-16-10-11-21(20(13-16)29-18-8-5-7-17(14-18)15-25)31(27,28)24-12-6-9-19(24)22(26)30-23(2,3)4/h10-11,13,15,17-19H,5-9,12,14H2,1-4H3/t17-,18+,19+/m1/s1. The van der Waals surface area contributed by atoms with Gasteiger partial charge in [-0.3, -0.25) is 4.79 Å². The molecule has 2 aliphatic rings. The largest absolute Gasteiger partial charge is 0.489 e. The van der Waals surface area contributed by atoms with Gasteiger partial charge in [0.05, 0.1) is 6.10 Å². The van der Waals surface area contributed by atoms with Gasteiger partial charge in [0.2, 0.25) is 10.0 Å². The molecular weight excluding hydrogens is 418 g/mol. The van der Waals surface area contributed by atoms with E-state index in [4.69, 9.17) is 9.47 Å². The van der Waals surface area contributed by atoms with Crippen molar-refractivity contribution < 1.29 is 27.5 Å². The molecule has 1 heterocycles. The first-order chi connectivity index (χ1) is 14.5. The summed E-state index contributed by atoms with van der Waals surface area (Å²) in [4.78, 5) is 23.9. The number of hydrogen-bond acceptors (Lipinski definition) is 6. The number of carbonyl (C=O) groups is 2. The van der Waals surface area contributed by atoms with Crippen LogP contribution in [0.2, 0.25) is 0 Å². The zero-order valence-corrected chi connectivity index (χ0v) is 19.6. The molecule has 0 N–H and O–H groups in total. The molecule has 7 nitrogen and oxygen atoms in total. The van der Waals surface area contributed by atoms with Crippen molar-refractivity contribution in [1.29, 1.82) is 0 Å². The molecule has 1 aromatic rings. The summed E-state index contributed by atoms with van der Waals surface area (Å²) in [6.45, 7) is 7.43. The van der Waals surface area contributed by atoms with E-state index in [1.807, 2.05) is 6.92 Å². The first kappa shape index (κ1) is 23.7. The Hall–Kier alpha value is -1.93. The number of esters is 1. The number of sulfonamides is 1. The van der Waals surface area contributed by atoms with Crippen molar-refractivity contribution in [2.75, 3.05) is 6.54 Å². The van der Waals surface area contributed by atoms with E-state index in [0.717, 1.165) is 31.1 Å². The molecule has 2 fully saturated rings. The van der Waals surface area contributed by atoms with Gasteiger partial charge >= 0.3 is 5.97 Å². The van der Waals surface area contributed by atoms with Gasteiger partial charge in [-0.1, -0.05) is 6.07 Å². The predicted octanol–water partition coefficient (Wildman–Crippen LogP) is 3.63. The molecule has 0 spiro atoms. The number of ether oxygens (including phenoxy) is 2. The molecule has 0 radical (unpaired) electrons. The normalized spacial score (nSPS) is 25.2. The first-order valence-electron chi connectivity index (χ1n) is 11.0. The Bertz CT molecular complexity index is 920. The Morgan fingerprint density at radius 2 is 1.90 bits per heavy atom. The van der Waals surface area contributed by atoms with Gasteiger partial charge in [-0.25, -0.2) is 8.42 Å². The van der Waals surface area contributed by atoms with Crippen molar-refractivity contribution in [3.05, 3.63) is 23.8 Å². The number of benzene rings is 1. The Labute approximate surface area is 185 Å². The SMILES string of the molecule is Cc1ccc(S(=O)(=O)N2CCC[C@H]2C(=O)OC(C)(C)C)c(O[C@H]2CCC[C@@H](C=O)C2)c1. The van der Waals surface area contributed by atoms with Crippen LogP contribution in [0, 0.1) is 12.8 Å². The second-order valence-electron chi connectivity index (χ2n) is 9.56. The van der Waals surface area contributed by atoms with Crippen molar-refractivity contribution in [2.24, 2.45) is 5.92 Å². The highest BCUT2D eigenvalue weighted by atomic mass is 32.2. The molecule has 0 bridgehead atoms. The smallest absolute Gasteiger partial charge is 0.324 e. The second-order valence-corrected chi connectivity index (χ2v) is 11.4. The summed E-state index contributed by atoms with van der Waals surface area (Å²) in [7, 11) is -3.97. The molecule has 1 aliphatic carbocycles. The van der Waals surface area contributed by atoms with E-state index < -0.39 is 27.6 Å². The predicted molar refractivity (Wildman–Crippen MR) is 116 cm³/mol. The molecule has 172 valence electrons. The minimum Gasteiger partial charge on any atom is -0.489 e. The highest BCUT2D eigenvalue weighted by Gasteiger charge is 2.42. The minimum atomic E-state index is -3.97. The third kappa shape index (κ3) is 5.66. The number of aldehydes is 1. The summed E-state index contributed by atoms with van der Waals surface area (Å²) in [6.07, 6.45) is 4.85. The van der Waals surface area contributed by atoms with Crippen LogP contribution in [0.4, 0.5) is 0 Å². The van der Waals surface area contributed by atoms with Gasteiger partial charge in [0.25, 0.3) is 0 Å². The van der Waals surface area contributed by atoms with Crippen LogP contribution in [-0.4, -0.2) is 49.3 Å². The van der Waals surface area contributed by atoms with Crippen LogP contribution in [0.15, 0.2) is 23.1 Å². The number of carbonyl (C=O) groups excluding carboxylic acids is 2. The van der Waals surface area contributed by atoms with Gasteiger partial charge < -0.3 is 14.3 Å². The first-order valence-corrected chi connectivity index (χ1v) is 12.4. The number of aryl methyl sites for hydroxylation is 1. The summed E-state index contributed by atoms with van der Waals surface area (Å²) in [5.74, 6) is -0.297. The van der Waals surface area contributed by atoms with Crippen LogP contribution in [0.5, 0.6) is 5.75 Å². The van der Waals surface area contributed by atoms with Crippen LogP contribution in [0.3, 0.4) is 0 Å². The Morgan fingerprint density at radius 1 is 1.16 bits per heavy atom. The van der Waals surface area contributed by atoms with Gasteiger partial charge in [-0.2, -0.15) is 4.31 Å². The molecule has 0 aromatic heterocycles. The molecule has 1 saturated heterocycles. The molecule has 0 unspecified atom stereocenters. The summed E-state index contributed by atoms with van der Waals surface area (Å²) >= 11 is 0. The Balaban J connectivity index is 1.88. The quantitative estimate of drug-likeness (QED) is 0.485. The number of nitrogens with zero attached hydrogens (tertiary/aromatic N) is 1. The van der Waals surface area contributed by atoms with Crippen molar-refractivity contribution in [1.82, 2.24) is 4.31 Å². The summed E-state index contributed by atoms with van der Waals surface area (Å²) in [5, 5.41) is 0. The molecular formula is C23H33NO6S. The third-order valence-electron chi connectivity index (χ3n) is 5.72. The fraction of sp³-hybridized carbons (Fsp3) is 0.652. The van der Waals surface area contributed by atoms with E-state index in [1.54, 1.807) is 39.0 Å². The molecule has 8 heteroatoms. The van der Waals surface area contributed by atoms with E-state index in [2.05, 4.69) is 0 Å². The Morgan fingerprint density at radius 3 is 2.58 bits per heavy atom. The van der Waals surface area contributed by atoms with E-state index >= 15 is 0 Å². The average molecular weight is 452 g/mol. The molecule has 3 atom stereocenters. The lowest BCUT2D eigenvalue weighted by Crippen LogP contribution is -2.43. The van der Waals surface area contributed by atoms with Crippen LogP contribution in [0.1, 0.15) is 64.9 Å².